The first-order valence-corrected chi connectivity index (χ1v) is 3.49. The maximum absolute atomic E-state index is 10.5. The van der Waals surface area contributed by atoms with Crippen LogP contribution >= 0.6 is 12.4 Å². The first kappa shape index (κ1) is 11.7. The van der Waals surface area contributed by atoms with Crippen LogP contribution in [-0.4, -0.2) is 30.2 Å². The molecule has 0 fully saturated rings. The highest BCUT2D eigenvalue weighted by Crippen LogP contribution is 2.07. The maximum atomic E-state index is 10.5. The Bertz CT molecular complexity index is 302. The Morgan fingerprint density at radius 1 is 1.46 bits per heavy atom. The zero-order valence-corrected chi connectivity index (χ0v) is 8.21. The van der Waals surface area contributed by atoms with E-state index in [1.807, 2.05) is 14.1 Å². The van der Waals surface area contributed by atoms with E-state index in [9.17, 15) is 4.79 Å². The van der Waals surface area contributed by atoms with Crippen molar-refractivity contribution >= 4 is 24.2 Å². The van der Waals surface area contributed by atoms with Gasteiger partial charge in [0.2, 0.25) is 0 Å². The minimum absolute atomic E-state index is 0. The standard InChI is InChI=1S/C8H10N2O2.ClH/c1-10(2)7-5-3-4-6(9-7)8(11)12;/h3-5H,1-2H3,(H,11,12);1H. The number of pyridine rings is 1. The Hall–Kier alpha value is -1.29. The lowest BCUT2D eigenvalue weighted by atomic mass is 10.3. The Labute approximate surface area is 82.6 Å². The monoisotopic (exact) mass is 202 g/mol. The third-order valence-electron chi connectivity index (χ3n) is 1.41. The van der Waals surface area contributed by atoms with Gasteiger partial charge in [-0.05, 0) is 12.1 Å². The number of aromatic nitrogens is 1. The predicted octanol–water partition coefficient (Wildman–Crippen LogP) is 1.27. The number of nitrogens with zero attached hydrogens (tertiary/aromatic N) is 2. The molecular weight excluding hydrogens is 192 g/mol. The van der Waals surface area contributed by atoms with Crippen LogP contribution in [0.5, 0.6) is 0 Å². The van der Waals surface area contributed by atoms with E-state index in [1.165, 1.54) is 6.07 Å². The number of carboxylic acid groups (broad SMARTS) is 1. The molecule has 5 heteroatoms. The molecule has 0 aliphatic rings. The lowest BCUT2D eigenvalue weighted by Crippen LogP contribution is -2.12. The summed E-state index contributed by atoms with van der Waals surface area (Å²) in [6.45, 7) is 0. The number of rotatable bonds is 2. The fourth-order valence-electron chi connectivity index (χ4n) is 0.791. The molecule has 0 spiro atoms. The third-order valence-corrected chi connectivity index (χ3v) is 1.41. The van der Waals surface area contributed by atoms with Crippen molar-refractivity contribution in [2.75, 3.05) is 19.0 Å². The molecule has 0 unspecified atom stereocenters. The number of carbonyl (C=O) groups is 1. The van der Waals surface area contributed by atoms with Gasteiger partial charge >= 0.3 is 5.97 Å². The zero-order chi connectivity index (χ0) is 9.14. The van der Waals surface area contributed by atoms with Gasteiger partial charge in [-0.3, -0.25) is 0 Å². The predicted molar refractivity (Wildman–Crippen MR) is 52.8 cm³/mol. The molecule has 0 saturated heterocycles. The summed E-state index contributed by atoms with van der Waals surface area (Å²) in [4.78, 5) is 16.1. The Balaban J connectivity index is 0.00000144. The number of carboxylic acids is 1. The van der Waals surface area contributed by atoms with Gasteiger partial charge < -0.3 is 10.0 Å². The maximum Gasteiger partial charge on any atom is 0.354 e. The first-order chi connectivity index (χ1) is 5.61. The summed E-state index contributed by atoms with van der Waals surface area (Å²) in [5.41, 5.74) is 0.0706. The number of hydrogen-bond acceptors (Lipinski definition) is 3. The van der Waals surface area contributed by atoms with Crippen molar-refractivity contribution < 1.29 is 9.90 Å². The average Bonchev–Trinajstić information content (AvgIpc) is 2.04. The highest BCUT2D eigenvalue weighted by atomic mass is 35.5. The molecule has 1 aromatic heterocycles. The van der Waals surface area contributed by atoms with Crippen molar-refractivity contribution in [1.29, 1.82) is 0 Å². The summed E-state index contributed by atoms with van der Waals surface area (Å²) in [6, 6.07) is 4.90. The van der Waals surface area contributed by atoms with Crippen molar-refractivity contribution in [2.24, 2.45) is 0 Å². The van der Waals surface area contributed by atoms with E-state index in [2.05, 4.69) is 4.98 Å². The Morgan fingerprint density at radius 2 is 2.08 bits per heavy atom. The summed E-state index contributed by atoms with van der Waals surface area (Å²) >= 11 is 0. The second kappa shape index (κ2) is 4.67. The normalized spacial score (nSPS) is 8.77. The van der Waals surface area contributed by atoms with E-state index >= 15 is 0 Å². The molecule has 1 rings (SSSR count). The van der Waals surface area contributed by atoms with E-state index < -0.39 is 5.97 Å². The molecule has 1 N–H and O–H groups in total. The van der Waals surface area contributed by atoms with Crippen LogP contribution in [0.4, 0.5) is 5.82 Å². The van der Waals surface area contributed by atoms with Crippen molar-refractivity contribution in [1.82, 2.24) is 4.98 Å². The van der Waals surface area contributed by atoms with E-state index in [0.29, 0.717) is 5.82 Å². The lowest BCUT2D eigenvalue weighted by molar-refractivity contribution is 0.0690. The molecule has 0 aromatic carbocycles. The van der Waals surface area contributed by atoms with Gasteiger partial charge in [0.1, 0.15) is 5.82 Å². The second-order valence-electron chi connectivity index (χ2n) is 2.58. The van der Waals surface area contributed by atoms with Gasteiger partial charge in [0.05, 0.1) is 0 Å². The molecule has 0 atom stereocenters. The van der Waals surface area contributed by atoms with Gasteiger partial charge in [-0.2, -0.15) is 0 Å². The lowest BCUT2D eigenvalue weighted by Gasteiger charge is -2.10. The van der Waals surface area contributed by atoms with Gasteiger partial charge in [-0.1, -0.05) is 6.07 Å². The molecule has 13 heavy (non-hydrogen) atoms. The minimum atomic E-state index is -1.00. The first-order valence-electron chi connectivity index (χ1n) is 3.49. The number of aromatic carboxylic acids is 1. The van der Waals surface area contributed by atoms with Crippen LogP contribution in [0.3, 0.4) is 0 Å². The van der Waals surface area contributed by atoms with Gasteiger partial charge in [0.15, 0.2) is 5.69 Å². The van der Waals surface area contributed by atoms with Crippen molar-refractivity contribution in [3.8, 4) is 0 Å². The van der Waals surface area contributed by atoms with Crippen LogP contribution in [0.25, 0.3) is 0 Å². The highest BCUT2D eigenvalue weighted by Gasteiger charge is 2.05. The molecule has 0 radical (unpaired) electrons. The van der Waals surface area contributed by atoms with Crippen LogP contribution in [-0.2, 0) is 0 Å². The molecule has 0 aliphatic carbocycles. The molecule has 72 valence electrons. The fourth-order valence-corrected chi connectivity index (χ4v) is 0.791. The van der Waals surface area contributed by atoms with E-state index in [1.54, 1.807) is 17.0 Å². The molecule has 0 saturated carbocycles. The summed E-state index contributed by atoms with van der Waals surface area (Å²) in [5, 5.41) is 8.61. The van der Waals surface area contributed by atoms with Crippen molar-refractivity contribution in [3.05, 3.63) is 23.9 Å². The number of hydrogen-bond donors (Lipinski definition) is 1. The summed E-state index contributed by atoms with van der Waals surface area (Å²) < 4.78 is 0. The molecule has 1 aromatic rings. The van der Waals surface area contributed by atoms with Crippen LogP contribution in [0, 0.1) is 0 Å². The van der Waals surface area contributed by atoms with Crippen LogP contribution in [0.15, 0.2) is 18.2 Å². The van der Waals surface area contributed by atoms with Crippen LogP contribution < -0.4 is 4.90 Å². The van der Waals surface area contributed by atoms with Crippen molar-refractivity contribution in [3.63, 3.8) is 0 Å². The summed E-state index contributed by atoms with van der Waals surface area (Å²) in [6.07, 6.45) is 0. The minimum Gasteiger partial charge on any atom is -0.477 e. The zero-order valence-electron chi connectivity index (χ0n) is 7.39. The molecule has 1 heterocycles. The molecule has 0 aliphatic heterocycles. The topological polar surface area (TPSA) is 53.4 Å². The molecule has 0 amide bonds. The molecule has 0 bridgehead atoms. The Kier molecular flexibility index (Phi) is 4.20. The molecular formula is C8H11ClN2O2. The van der Waals surface area contributed by atoms with Gasteiger partial charge in [-0.25, -0.2) is 9.78 Å². The van der Waals surface area contributed by atoms with Gasteiger partial charge in [0.25, 0.3) is 0 Å². The Morgan fingerprint density at radius 3 is 2.54 bits per heavy atom. The van der Waals surface area contributed by atoms with E-state index in [4.69, 9.17) is 5.11 Å². The fraction of sp³-hybridized carbons (Fsp3) is 0.250. The summed E-state index contributed by atoms with van der Waals surface area (Å²) in [5.74, 6) is -0.353. The highest BCUT2D eigenvalue weighted by molar-refractivity contribution is 5.85. The molecule has 4 nitrogen and oxygen atoms in total. The van der Waals surface area contributed by atoms with Crippen LogP contribution in [0.1, 0.15) is 10.5 Å². The van der Waals surface area contributed by atoms with Crippen LogP contribution in [0.2, 0.25) is 0 Å². The SMILES string of the molecule is CN(C)c1cccc(C(=O)O)n1.Cl. The quantitative estimate of drug-likeness (QED) is 0.785. The smallest absolute Gasteiger partial charge is 0.354 e. The van der Waals surface area contributed by atoms with Gasteiger partial charge in [0, 0.05) is 14.1 Å². The number of halogens is 1. The van der Waals surface area contributed by atoms with Gasteiger partial charge in [-0.15, -0.1) is 12.4 Å². The van der Waals surface area contributed by atoms with Crippen molar-refractivity contribution in [2.45, 2.75) is 0 Å². The summed E-state index contributed by atoms with van der Waals surface area (Å²) in [7, 11) is 3.63. The largest absolute Gasteiger partial charge is 0.477 e. The van der Waals surface area contributed by atoms with E-state index in [0.717, 1.165) is 0 Å². The third kappa shape index (κ3) is 2.91. The second-order valence-corrected chi connectivity index (χ2v) is 2.58. The average molecular weight is 203 g/mol. The number of anilines is 1. The van der Waals surface area contributed by atoms with E-state index in [-0.39, 0.29) is 18.1 Å².